The molecule has 9 heteroatoms. The smallest absolute Gasteiger partial charge is 0.263 e. The van der Waals surface area contributed by atoms with Crippen LogP contribution < -0.4 is 11.1 Å². The molecule has 7 nitrogen and oxygen atoms in total. The van der Waals surface area contributed by atoms with Gasteiger partial charge in [0.2, 0.25) is 0 Å². The molecule has 1 aliphatic rings. The maximum atomic E-state index is 13.6. The van der Waals surface area contributed by atoms with Gasteiger partial charge >= 0.3 is 0 Å². The van der Waals surface area contributed by atoms with E-state index in [0.29, 0.717) is 11.6 Å². The fraction of sp³-hybridized carbons (Fsp3) is 0.286. The van der Waals surface area contributed by atoms with Crippen LogP contribution in [0.5, 0.6) is 0 Å². The number of hydrogen-bond acceptors (Lipinski definition) is 4. The molecule has 1 fully saturated rings. The van der Waals surface area contributed by atoms with Gasteiger partial charge in [0.1, 0.15) is 11.6 Å². The van der Waals surface area contributed by atoms with Crippen molar-refractivity contribution < 1.29 is 23.2 Å². The number of nitrogens with one attached hydrogen (secondary N) is 1. The summed E-state index contributed by atoms with van der Waals surface area (Å²) in [5.74, 6) is -3.58. The highest BCUT2D eigenvalue weighted by atomic mass is 19.1. The van der Waals surface area contributed by atoms with Crippen LogP contribution in [0.2, 0.25) is 0 Å². The number of aryl methyl sites for hydroxylation is 1. The van der Waals surface area contributed by atoms with Gasteiger partial charge in [0.15, 0.2) is 6.17 Å². The summed E-state index contributed by atoms with van der Waals surface area (Å²) in [6.45, 7) is 2.29. The molecule has 1 heterocycles. The zero-order chi connectivity index (χ0) is 21.8. The van der Waals surface area contributed by atoms with Crippen molar-refractivity contribution in [1.82, 2.24) is 15.1 Å². The zero-order valence-electron chi connectivity index (χ0n) is 16.4. The number of rotatable bonds is 5. The average molecular weight is 416 g/mol. The first kappa shape index (κ1) is 21.4. The van der Waals surface area contributed by atoms with E-state index in [2.05, 4.69) is 5.32 Å². The Bertz CT molecular complexity index is 962. The van der Waals surface area contributed by atoms with E-state index < -0.39 is 35.5 Å². The lowest BCUT2D eigenvalue weighted by atomic mass is 10.1. The Kier molecular flexibility index (Phi) is 6.41. The van der Waals surface area contributed by atoms with Crippen molar-refractivity contribution in [3.05, 3.63) is 70.8 Å². The maximum absolute atomic E-state index is 13.6. The minimum atomic E-state index is -1.26. The van der Waals surface area contributed by atoms with Gasteiger partial charge in [0.05, 0.1) is 0 Å². The van der Waals surface area contributed by atoms with Gasteiger partial charge in [-0.3, -0.25) is 14.4 Å². The quantitative estimate of drug-likeness (QED) is 0.768. The predicted molar refractivity (Wildman–Crippen MR) is 105 cm³/mol. The fourth-order valence-corrected chi connectivity index (χ4v) is 3.41. The average Bonchev–Trinajstić information content (AvgIpc) is 3.15. The molecule has 0 bridgehead atoms. The number of hydrogen-bond donors (Lipinski definition) is 2. The van der Waals surface area contributed by atoms with Crippen LogP contribution in [0.15, 0.2) is 42.5 Å². The summed E-state index contributed by atoms with van der Waals surface area (Å²) in [7, 11) is 0. The van der Waals surface area contributed by atoms with Crippen LogP contribution in [0.1, 0.15) is 26.3 Å². The van der Waals surface area contributed by atoms with E-state index in [-0.39, 0.29) is 31.7 Å². The summed E-state index contributed by atoms with van der Waals surface area (Å²) in [4.78, 5) is 41.2. The van der Waals surface area contributed by atoms with Crippen LogP contribution in [0.25, 0.3) is 0 Å². The van der Waals surface area contributed by atoms with Gasteiger partial charge in [-0.05, 0) is 31.2 Å². The predicted octanol–water partition coefficient (Wildman–Crippen LogP) is 1.27. The van der Waals surface area contributed by atoms with Crippen molar-refractivity contribution in [2.24, 2.45) is 5.73 Å². The summed E-state index contributed by atoms with van der Waals surface area (Å²) in [6.07, 6.45) is -1.26. The zero-order valence-corrected chi connectivity index (χ0v) is 16.4. The standard InChI is InChI=1S/C21H22F2N4O3/c1-13-3-2-4-14(9-13)20(29)26-7-8-27(19(26)18(28)25-6-5-24)21(30)15-10-16(22)12-17(23)11-15/h2-4,9-12,19H,5-8,24H2,1H3,(H,25,28). The van der Waals surface area contributed by atoms with Crippen LogP contribution in [0.3, 0.4) is 0 Å². The van der Waals surface area contributed by atoms with Crippen molar-refractivity contribution in [3.63, 3.8) is 0 Å². The Morgan fingerprint density at radius 1 is 1.00 bits per heavy atom. The number of nitrogens with two attached hydrogens (primary N) is 1. The lowest BCUT2D eigenvalue weighted by Crippen LogP contribution is -2.54. The third-order valence-corrected chi connectivity index (χ3v) is 4.75. The number of carbonyl (C=O) groups is 3. The Morgan fingerprint density at radius 2 is 1.60 bits per heavy atom. The first-order valence-corrected chi connectivity index (χ1v) is 9.44. The Labute approximate surface area is 172 Å². The summed E-state index contributed by atoms with van der Waals surface area (Å²) < 4.78 is 27.2. The molecule has 1 unspecified atom stereocenters. The van der Waals surface area contributed by atoms with Crippen LogP contribution >= 0.6 is 0 Å². The summed E-state index contributed by atoms with van der Waals surface area (Å²) >= 11 is 0. The van der Waals surface area contributed by atoms with E-state index in [4.69, 9.17) is 5.73 Å². The molecule has 3 N–H and O–H groups in total. The van der Waals surface area contributed by atoms with E-state index in [1.165, 1.54) is 4.90 Å². The van der Waals surface area contributed by atoms with E-state index in [1.807, 2.05) is 13.0 Å². The summed E-state index contributed by atoms with van der Waals surface area (Å²) in [6, 6.07) is 9.30. The van der Waals surface area contributed by atoms with Crippen molar-refractivity contribution >= 4 is 17.7 Å². The van der Waals surface area contributed by atoms with E-state index in [9.17, 15) is 23.2 Å². The first-order chi connectivity index (χ1) is 14.3. The molecule has 3 rings (SSSR count). The molecular weight excluding hydrogens is 394 g/mol. The molecule has 0 aromatic heterocycles. The number of amides is 3. The van der Waals surface area contributed by atoms with Gasteiger partial charge < -0.3 is 20.9 Å². The largest absolute Gasteiger partial charge is 0.351 e. The lowest BCUT2D eigenvalue weighted by Gasteiger charge is -2.29. The molecule has 3 amide bonds. The lowest BCUT2D eigenvalue weighted by molar-refractivity contribution is -0.128. The summed E-state index contributed by atoms with van der Waals surface area (Å²) in [5.41, 5.74) is 6.44. The van der Waals surface area contributed by atoms with Crippen LogP contribution in [-0.2, 0) is 4.79 Å². The van der Waals surface area contributed by atoms with Crippen molar-refractivity contribution in [2.75, 3.05) is 26.2 Å². The Morgan fingerprint density at radius 3 is 2.17 bits per heavy atom. The maximum Gasteiger partial charge on any atom is 0.263 e. The third kappa shape index (κ3) is 4.46. The molecule has 30 heavy (non-hydrogen) atoms. The highest BCUT2D eigenvalue weighted by Crippen LogP contribution is 2.22. The summed E-state index contributed by atoms with van der Waals surface area (Å²) in [5, 5.41) is 2.58. The number of nitrogens with zero attached hydrogens (tertiary/aromatic N) is 2. The molecule has 1 aliphatic heterocycles. The highest BCUT2D eigenvalue weighted by molar-refractivity contribution is 6.02. The molecule has 0 radical (unpaired) electrons. The van der Waals surface area contributed by atoms with Gasteiger partial charge in [-0.1, -0.05) is 17.7 Å². The Hall–Kier alpha value is -3.33. The third-order valence-electron chi connectivity index (χ3n) is 4.75. The molecular formula is C21H22F2N4O3. The fourth-order valence-electron chi connectivity index (χ4n) is 3.41. The minimum absolute atomic E-state index is 0.0369. The van der Waals surface area contributed by atoms with Gasteiger partial charge in [0.25, 0.3) is 17.7 Å². The van der Waals surface area contributed by atoms with Crippen LogP contribution in [0, 0.1) is 18.6 Å². The molecule has 0 aliphatic carbocycles. The van der Waals surface area contributed by atoms with Crippen LogP contribution in [0.4, 0.5) is 8.78 Å². The first-order valence-electron chi connectivity index (χ1n) is 9.44. The molecule has 2 aromatic rings. The van der Waals surface area contributed by atoms with Crippen molar-refractivity contribution in [3.8, 4) is 0 Å². The van der Waals surface area contributed by atoms with Gasteiger partial charge in [-0.2, -0.15) is 0 Å². The van der Waals surface area contributed by atoms with Gasteiger partial charge in [-0.15, -0.1) is 0 Å². The Balaban J connectivity index is 1.93. The van der Waals surface area contributed by atoms with Crippen molar-refractivity contribution in [2.45, 2.75) is 13.1 Å². The minimum Gasteiger partial charge on any atom is -0.351 e. The normalized spacial score (nSPS) is 15.9. The van der Waals surface area contributed by atoms with Gasteiger partial charge in [-0.25, -0.2) is 8.78 Å². The number of halogens is 2. The SMILES string of the molecule is Cc1cccc(C(=O)N2CCN(C(=O)c3cc(F)cc(F)c3)C2C(=O)NCCN)c1. The molecule has 1 saturated heterocycles. The van der Waals surface area contributed by atoms with Crippen molar-refractivity contribution in [1.29, 1.82) is 0 Å². The highest BCUT2D eigenvalue weighted by Gasteiger charge is 2.43. The molecule has 2 aromatic carbocycles. The molecule has 1 atom stereocenters. The van der Waals surface area contributed by atoms with Crippen LogP contribution in [-0.4, -0.2) is 59.9 Å². The number of benzene rings is 2. The number of carbonyl (C=O) groups excluding carboxylic acids is 3. The second-order valence-electron chi connectivity index (χ2n) is 6.98. The molecule has 0 saturated carbocycles. The second-order valence-corrected chi connectivity index (χ2v) is 6.98. The molecule has 158 valence electrons. The van der Waals surface area contributed by atoms with E-state index in [1.54, 1.807) is 18.2 Å². The monoisotopic (exact) mass is 416 g/mol. The van der Waals surface area contributed by atoms with E-state index >= 15 is 0 Å². The molecule has 0 spiro atoms. The van der Waals surface area contributed by atoms with Gasteiger partial charge in [0, 0.05) is 43.4 Å². The topological polar surface area (TPSA) is 95.7 Å². The second kappa shape index (κ2) is 9.00. The van der Waals surface area contributed by atoms with E-state index in [0.717, 1.165) is 22.6 Å².